The van der Waals surface area contributed by atoms with Gasteiger partial charge in [-0.3, -0.25) is 14.9 Å². The molecular weight excluding hydrogens is 380 g/mol. The zero-order valence-electron chi connectivity index (χ0n) is 17.4. The average molecular weight is 409 g/mol. The van der Waals surface area contributed by atoms with Gasteiger partial charge in [0.25, 0.3) is 11.6 Å². The molecule has 0 aliphatic carbocycles. The van der Waals surface area contributed by atoms with E-state index in [2.05, 4.69) is 28.9 Å². The fourth-order valence-corrected chi connectivity index (χ4v) is 4.47. The second kappa shape index (κ2) is 8.73. The van der Waals surface area contributed by atoms with E-state index in [0.717, 1.165) is 44.7 Å². The summed E-state index contributed by atoms with van der Waals surface area (Å²) in [5.74, 6) is 0.380. The Morgan fingerprint density at radius 1 is 1.00 bits per heavy atom. The summed E-state index contributed by atoms with van der Waals surface area (Å²) < 4.78 is 0. The Bertz CT molecular complexity index is 910. The van der Waals surface area contributed by atoms with Gasteiger partial charge in [-0.25, -0.2) is 0 Å². The predicted molar refractivity (Wildman–Crippen MR) is 118 cm³/mol. The molecule has 0 aromatic heterocycles. The van der Waals surface area contributed by atoms with Crippen molar-refractivity contribution in [1.82, 2.24) is 4.90 Å². The quantitative estimate of drug-likeness (QED) is 0.569. The molecule has 0 spiro atoms. The van der Waals surface area contributed by atoms with Crippen LogP contribution >= 0.6 is 0 Å². The summed E-state index contributed by atoms with van der Waals surface area (Å²) in [5.41, 5.74) is 2.19. The maximum atomic E-state index is 13.0. The number of hydrogen-bond acceptors (Lipinski definition) is 5. The normalized spacial score (nSPS) is 19.6. The molecule has 1 amide bonds. The van der Waals surface area contributed by atoms with E-state index in [4.69, 9.17) is 0 Å². The Balaban J connectivity index is 1.48. The van der Waals surface area contributed by atoms with Crippen LogP contribution in [0.5, 0.6) is 0 Å². The number of rotatable bonds is 4. The van der Waals surface area contributed by atoms with Crippen LogP contribution in [-0.4, -0.2) is 55.0 Å². The summed E-state index contributed by atoms with van der Waals surface area (Å²) >= 11 is 0. The minimum Gasteiger partial charge on any atom is -0.368 e. The minimum atomic E-state index is -0.362. The van der Waals surface area contributed by atoms with Crippen molar-refractivity contribution >= 4 is 23.0 Å². The molecule has 158 valence electrons. The highest BCUT2D eigenvalue weighted by Gasteiger charge is 2.27. The SMILES string of the molecule is C[C@H]1CCCN(c2ccc(C(=O)N3CCN(c4ccccc4)CC3)cc2[N+](=O)[O-])C1. The monoisotopic (exact) mass is 408 g/mol. The molecule has 0 bridgehead atoms. The van der Waals surface area contributed by atoms with Gasteiger partial charge in [-0.05, 0) is 43.0 Å². The lowest BCUT2D eigenvalue weighted by Gasteiger charge is -2.36. The van der Waals surface area contributed by atoms with Gasteiger partial charge in [0.2, 0.25) is 0 Å². The largest absolute Gasteiger partial charge is 0.368 e. The van der Waals surface area contributed by atoms with E-state index in [9.17, 15) is 14.9 Å². The third-order valence-electron chi connectivity index (χ3n) is 6.10. The van der Waals surface area contributed by atoms with E-state index in [0.29, 0.717) is 30.3 Å². The molecule has 0 radical (unpaired) electrons. The van der Waals surface area contributed by atoms with Crippen LogP contribution in [0.1, 0.15) is 30.1 Å². The number of benzene rings is 2. The highest BCUT2D eigenvalue weighted by atomic mass is 16.6. The molecule has 30 heavy (non-hydrogen) atoms. The summed E-state index contributed by atoms with van der Waals surface area (Å²) in [6, 6.07) is 15.1. The number of hydrogen-bond donors (Lipinski definition) is 0. The average Bonchev–Trinajstić information content (AvgIpc) is 2.79. The highest BCUT2D eigenvalue weighted by Crippen LogP contribution is 2.33. The molecule has 2 aliphatic heterocycles. The standard InChI is InChI=1S/C23H28N4O3/c1-18-6-5-11-26(17-18)21-10-9-19(16-22(21)27(29)30)23(28)25-14-12-24(13-15-25)20-7-3-2-4-8-20/h2-4,7-10,16,18H,5-6,11-15,17H2,1H3/t18-/m0/s1. The van der Waals surface area contributed by atoms with E-state index in [1.807, 2.05) is 18.2 Å². The first-order valence-corrected chi connectivity index (χ1v) is 10.7. The fraction of sp³-hybridized carbons (Fsp3) is 0.435. The number of piperidine rings is 1. The Labute approximate surface area is 177 Å². The van der Waals surface area contributed by atoms with Gasteiger partial charge in [-0.1, -0.05) is 25.1 Å². The molecule has 0 unspecified atom stereocenters. The Hall–Kier alpha value is -3.09. The molecule has 2 fully saturated rings. The predicted octanol–water partition coefficient (Wildman–Crippen LogP) is 3.79. The van der Waals surface area contributed by atoms with Gasteiger partial charge in [0, 0.05) is 56.6 Å². The molecule has 2 aromatic rings. The van der Waals surface area contributed by atoms with Gasteiger partial charge in [0.15, 0.2) is 0 Å². The van der Waals surface area contributed by atoms with E-state index in [-0.39, 0.29) is 16.5 Å². The number of nitrogens with zero attached hydrogens (tertiary/aromatic N) is 4. The van der Waals surface area contributed by atoms with Crippen molar-refractivity contribution in [2.75, 3.05) is 49.1 Å². The summed E-state index contributed by atoms with van der Waals surface area (Å²) in [4.78, 5) is 30.5. The highest BCUT2D eigenvalue weighted by molar-refractivity contribution is 5.96. The summed E-state index contributed by atoms with van der Waals surface area (Å²) in [7, 11) is 0. The molecule has 7 nitrogen and oxygen atoms in total. The van der Waals surface area contributed by atoms with Crippen LogP contribution in [0.15, 0.2) is 48.5 Å². The van der Waals surface area contributed by atoms with E-state index < -0.39 is 0 Å². The van der Waals surface area contributed by atoms with Crippen LogP contribution in [0.4, 0.5) is 17.1 Å². The number of carbonyl (C=O) groups is 1. The van der Waals surface area contributed by atoms with Gasteiger partial charge < -0.3 is 14.7 Å². The summed E-state index contributed by atoms with van der Waals surface area (Å²) in [6.45, 7) is 6.52. The van der Waals surface area contributed by atoms with Gasteiger partial charge in [-0.2, -0.15) is 0 Å². The second-order valence-electron chi connectivity index (χ2n) is 8.27. The third kappa shape index (κ3) is 4.25. The Morgan fingerprint density at radius 2 is 1.73 bits per heavy atom. The number of carbonyl (C=O) groups excluding carboxylic acids is 1. The van der Waals surface area contributed by atoms with Crippen molar-refractivity contribution in [3.63, 3.8) is 0 Å². The van der Waals surface area contributed by atoms with Gasteiger partial charge in [-0.15, -0.1) is 0 Å². The van der Waals surface area contributed by atoms with Gasteiger partial charge in [0.1, 0.15) is 5.69 Å². The number of amides is 1. The summed E-state index contributed by atoms with van der Waals surface area (Å²) in [6.07, 6.45) is 2.18. The number of nitro benzene ring substituents is 1. The van der Waals surface area contributed by atoms with Crippen LogP contribution in [0.25, 0.3) is 0 Å². The van der Waals surface area contributed by atoms with E-state index >= 15 is 0 Å². The van der Waals surface area contributed by atoms with Crippen molar-refractivity contribution < 1.29 is 9.72 Å². The zero-order chi connectivity index (χ0) is 21.1. The molecule has 1 atom stereocenters. The van der Waals surface area contributed by atoms with Crippen LogP contribution in [0.2, 0.25) is 0 Å². The minimum absolute atomic E-state index is 0.0258. The molecule has 4 rings (SSSR count). The van der Waals surface area contributed by atoms with Crippen LogP contribution in [0, 0.1) is 16.0 Å². The molecule has 2 heterocycles. The van der Waals surface area contributed by atoms with Gasteiger partial charge in [0.05, 0.1) is 4.92 Å². The van der Waals surface area contributed by atoms with Crippen LogP contribution in [-0.2, 0) is 0 Å². The molecule has 0 N–H and O–H groups in total. The van der Waals surface area contributed by atoms with Crippen molar-refractivity contribution in [3.05, 3.63) is 64.2 Å². The summed E-state index contributed by atoms with van der Waals surface area (Å²) in [5, 5.41) is 11.7. The lowest BCUT2D eigenvalue weighted by molar-refractivity contribution is -0.384. The first kappa shape index (κ1) is 20.2. The van der Waals surface area contributed by atoms with Crippen molar-refractivity contribution in [2.24, 2.45) is 5.92 Å². The molecule has 0 saturated carbocycles. The zero-order valence-corrected chi connectivity index (χ0v) is 17.4. The van der Waals surface area contributed by atoms with Crippen molar-refractivity contribution in [1.29, 1.82) is 0 Å². The topological polar surface area (TPSA) is 69.9 Å². The molecule has 2 aliphatic rings. The number of para-hydroxylation sites is 1. The van der Waals surface area contributed by atoms with Gasteiger partial charge >= 0.3 is 0 Å². The maximum absolute atomic E-state index is 13.0. The third-order valence-corrected chi connectivity index (χ3v) is 6.10. The van der Waals surface area contributed by atoms with Crippen LogP contribution in [0.3, 0.4) is 0 Å². The first-order chi connectivity index (χ1) is 14.5. The smallest absolute Gasteiger partial charge is 0.293 e. The number of anilines is 2. The lowest BCUT2D eigenvalue weighted by Crippen LogP contribution is -2.48. The van der Waals surface area contributed by atoms with Crippen molar-refractivity contribution in [2.45, 2.75) is 19.8 Å². The fourth-order valence-electron chi connectivity index (χ4n) is 4.47. The lowest BCUT2D eigenvalue weighted by atomic mass is 9.99. The van der Waals surface area contributed by atoms with E-state index in [1.54, 1.807) is 17.0 Å². The first-order valence-electron chi connectivity index (χ1n) is 10.7. The number of nitro groups is 1. The van der Waals surface area contributed by atoms with E-state index in [1.165, 1.54) is 6.07 Å². The molecule has 7 heteroatoms. The second-order valence-corrected chi connectivity index (χ2v) is 8.27. The van der Waals surface area contributed by atoms with Crippen LogP contribution < -0.4 is 9.80 Å². The Kier molecular flexibility index (Phi) is 5.88. The maximum Gasteiger partial charge on any atom is 0.293 e. The molecule has 2 aromatic carbocycles. The van der Waals surface area contributed by atoms with Crippen molar-refractivity contribution in [3.8, 4) is 0 Å². The number of piperazine rings is 1. The molecule has 2 saturated heterocycles. The Morgan fingerprint density at radius 3 is 2.40 bits per heavy atom. The molecular formula is C23H28N4O3.